The zero-order valence-corrected chi connectivity index (χ0v) is 19.3. The van der Waals surface area contributed by atoms with Crippen LogP contribution in [0.4, 0.5) is 0 Å². The number of carbonyl (C=O) groups excluding carboxylic acids is 1. The van der Waals surface area contributed by atoms with Crippen molar-refractivity contribution in [1.82, 2.24) is 14.9 Å². The van der Waals surface area contributed by atoms with Crippen LogP contribution in [0.3, 0.4) is 0 Å². The molecule has 3 aromatic rings. The Bertz CT molecular complexity index is 1100. The Morgan fingerprint density at radius 1 is 1.30 bits per heavy atom. The molecule has 5 rings (SSSR count). The SMILES string of the molecule is O=C(CCSCc1nc2sc3c(c2c(=O)[nH]1)CCCC3)N1CCCC1c1cccs1. The molecule has 0 spiro atoms. The summed E-state index contributed by atoms with van der Waals surface area (Å²) in [5.41, 5.74) is 1.23. The van der Waals surface area contributed by atoms with Crippen molar-refractivity contribution in [1.29, 1.82) is 0 Å². The van der Waals surface area contributed by atoms with E-state index in [1.54, 1.807) is 34.4 Å². The lowest BCUT2D eigenvalue weighted by Gasteiger charge is -2.23. The zero-order chi connectivity index (χ0) is 20.5. The van der Waals surface area contributed by atoms with Gasteiger partial charge in [-0.25, -0.2) is 4.98 Å². The van der Waals surface area contributed by atoms with Crippen LogP contribution in [0, 0.1) is 0 Å². The number of rotatable bonds is 6. The van der Waals surface area contributed by atoms with Crippen molar-refractivity contribution in [3.8, 4) is 0 Å². The maximum Gasteiger partial charge on any atom is 0.259 e. The minimum atomic E-state index is 0.00179. The molecule has 2 aliphatic rings. The van der Waals surface area contributed by atoms with Crippen molar-refractivity contribution in [3.05, 3.63) is 49.0 Å². The van der Waals surface area contributed by atoms with Gasteiger partial charge in [0, 0.05) is 28.5 Å². The fourth-order valence-electron chi connectivity index (χ4n) is 4.59. The van der Waals surface area contributed by atoms with E-state index in [2.05, 4.69) is 27.4 Å². The van der Waals surface area contributed by atoms with Crippen LogP contribution >= 0.6 is 34.4 Å². The number of carbonyl (C=O) groups is 1. The first-order chi connectivity index (χ1) is 14.7. The monoisotopic (exact) mass is 459 g/mol. The number of aryl methyl sites for hydroxylation is 2. The van der Waals surface area contributed by atoms with Crippen molar-refractivity contribution in [3.63, 3.8) is 0 Å². The Kier molecular flexibility index (Phi) is 5.98. The minimum Gasteiger partial charge on any atom is -0.335 e. The quantitative estimate of drug-likeness (QED) is 0.532. The number of hydrogen-bond acceptors (Lipinski definition) is 6. The molecule has 3 aromatic heterocycles. The molecule has 1 saturated heterocycles. The number of amides is 1. The molecule has 0 aromatic carbocycles. The third kappa shape index (κ3) is 3.97. The van der Waals surface area contributed by atoms with Crippen molar-refractivity contribution in [2.75, 3.05) is 12.3 Å². The van der Waals surface area contributed by atoms with Gasteiger partial charge in [-0.2, -0.15) is 11.8 Å². The van der Waals surface area contributed by atoms with E-state index in [-0.39, 0.29) is 17.5 Å². The first-order valence-corrected chi connectivity index (χ1v) is 13.5. The number of hydrogen-bond donors (Lipinski definition) is 1. The molecule has 1 N–H and O–H groups in total. The Morgan fingerprint density at radius 2 is 2.20 bits per heavy atom. The van der Waals surface area contributed by atoms with Gasteiger partial charge in [-0.15, -0.1) is 22.7 Å². The molecule has 0 bridgehead atoms. The Morgan fingerprint density at radius 3 is 3.07 bits per heavy atom. The van der Waals surface area contributed by atoms with Crippen molar-refractivity contribution >= 4 is 50.6 Å². The first kappa shape index (κ1) is 20.3. The molecule has 0 saturated carbocycles. The summed E-state index contributed by atoms with van der Waals surface area (Å²) in [6.45, 7) is 0.862. The van der Waals surface area contributed by atoms with Gasteiger partial charge in [0.15, 0.2) is 0 Å². The van der Waals surface area contributed by atoms with E-state index in [1.165, 1.54) is 21.7 Å². The van der Waals surface area contributed by atoms with Gasteiger partial charge in [-0.1, -0.05) is 6.07 Å². The molecular weight excluding hydrogens is 434 g/mol. The van der Waals surface area contributed by atoms with E-state index < -0.39 is 0 Å². The standard InChI is InChI=1S/C22H25N3O2S3/c26-19(25-10-3-6-15(25)17-8-4-11-29-17)9-12-28-13-18-23-21(27)20-14-5-1-2-7-16(14)30-22(20)24-18/h4,8,11,15H,1-3,5-7,9-10,12-13H2,(H,23,24,27). The smallest absolute Gasteiger partial charge is 0.259 e. The molecule has 30 heavy (non-hydrogen) atoms. The van der Waals surface area contributed by atoms with Crippen LogP contribution in [0.5, 0.6) is 0 Å². The van der Waals surface area contributed by atoms with Crippen LogP contribution in [-0.4, -0.2) is 33.1 Å². The van der Waals surface area contributed by atoms with Gasteiger partial charge in [0.2, 0.25) is 5.91 Å². The predicted molar refractivity (Wildman–Crippen MR) is 126 cm³/mol. The molecule has 5 nitrogen and oxygen atoms in total. The fraction of sp³-hybridized carbons (Fsp3) is 0.500. The number of thiophene rings is 2. The lowest BCUT2D eigenvalue weighted by atomic mass is 9.97. The average molecular weight is 460 g/mol. The second kappa shape index (κ2) is 8.85. The van der Waals surface area contributed by atoms with Crippen LogP contribution in [0.2, 0.25) is 0 Å². The normalized spacial score (nSPS) is 18.8. The summed E-state index contributed by atoms with van der Waals surface area (Å²) in [5.74, 6) is 2.34. The highest BCUT2D eigenvalue weighted by molar-refractivity contribution is 7.98. The zero-order valence-electron chi connectivity index (χ0n) is 16.8. The van der Waals surface area contributed by atoms with Gasteiger partial charge < -0.3 is 9.88 Å². The van der Waals surface area contributed by atoms with Gasteiger partial charge in [-0.05, 0) is 55.5 Å². The van der Waals surface area contributed by atoms with Crippen molar-refractivity contribution < 1.29 is 4.79 Å². The van der Waals surface area contributed by atoms with E-state index in [4.69, 9.17) is 4.98 Å². The molecule has 1 aliphatic carbocycles. The van der Waals surface area contributed by atoms with Crippen LogP contribution in [-0.2, 0) is 23.4 Å². The highest BCUT2D eigenvalue weighted by Gasteiger charge is 2.30. The molecule has 158 valence electrons. The summed E-state index contributed by atoms with van der Waals surface area (Å²) >= 11 is 5.10. The van der Waals surface area contributed by atoms with E-state index in [9.17, 15) is 9.59 Å². The molecule has 4 heterocycles. The Labute approximate surface area is 187 Å². The van der Waals surface area contributed by atoms with E-state index in [0.717, 1.165) is 60.4 Å². The highest BCUT2D eigenvalue weighted by atomic mass is 32.2. The Balaban J connectivity index is 1.18. The maximum atomic E-state index is 12.7. The third-order valence-electron chi connectivity index (χ3n) is 6.02. The summed E-state index contributed by atoms with van der Waals surface area (Å²) < 4.78 is 0. The number of nitrogens with zero attached hydrogens (tertiary/aromatic N) is 2. The van der Waals surface area contributed by atoms with Crippen LogP contribution in [0.1, 0.15) is 59.3 Å². The number of aromatic nitrogens is 2. The number of thioether (sulfide) groups is 1. The number of fused-ring (bicyclic) bond motifs is 3. The summed E-state index contributed by atoms with van der Waals surface area (Å²) in [5, 5.41) is 2.90. The van der Waals surface area contributed by atoms with Crippen LogP contribution in [0.25, 0.3) is 10.2 Å². The molecule has 1 unspecified atom stereocenters. The van der Waals surface area contributed by atoms with E-state index in [1.807, 2.05) is 0 Å². The largest absolute Gasteiger partial charge is 0.335 e. The number of H-pyrrole nitrogens is 1. The van der Waals surface area contributed by atoms with Gasteiger partial charge in [0.1, 0.15) is 10.7 Å². The third-order valence-corrected chi connectivity index (χ3v) is 9.15. The van der Waals surface area contributed by atoms with Crippen molar-refractivity contribution in [2.24, 2.45) is 0 Å². The van der Waals surface area contributed by atoms with E-state index >= 15 is 0 Å². The fourth-order valence-corrected chi connectivity index (χ4v) is 7.54. The summed E-state index contributed by atoms with van der Waals surface area (Å²) in [6.07, 6.45) is 7.12. The highest BCUT2D eigenvalue weighted by Crippen LogP contribution is 2.35. The maximum absolute atomic E-state index is 12.7. The minimum absolute atomic E-state index is 0.00179. The second-order valence-electron chi connectivity index (χ2n) is 7.97. The molecule has 0 radical (unpaired) electrons. The Hall–Kier alpha value is -1.64. The second-order valence-corrected chi connectivity index (χ2v) is 11.1. The average Bonchev–Trinajstić information content (AvgIpc) is 3.49. The number of likely N-dealkylation sites (tertiary alicyclic amines) is 1. The topological polar surface area (TPSA) is 66.1 Å². The molecular formula is C22H25N3O2S3. The van der Waals surface area contributed by atoms with Crippen molar-refractivity contribution in [2.45, 2.75) is 56.7 Å². The summed E-state index contributed by atoms with van der Waals surface area (Å²) in [7, 11) is 0. The molecule has 1 fully saturated rings. The molecule has 1 aliphatic heterocycles. The van der Waals surface area contributed by atoms with E-state index in [0.29, 0.717) is 12.2 Å². The molecule has 8 heteroatoms. The predicted octanol–water partition coefficient (Wildman–Crippen LogP) is 4.91. The summed E-state index contributed by atoms with van der Waals surface area (Å²) in [6, 6.07) is 4.45. The lowest BCUT2D eigenvalue weighted by molar-refractivity contribution is -0.131. The summed E-state index contributed by atoms with van der Waals surface area (Å²) in [4.78, 5) is 38.7. The van der Waals surface area contributed by atoms with Gasteiger partial charge in [0.25, 0.3) is 5.56 Å². The molecule has 1 amide bonds. The van der Waals surface area contributed by atoms with Gasteiger partial charge in [-0.3, -0.25) is 9.59 Å². The van der Waals surface area contributed by atoms with Crippen LogP contribution < -0.4 is 5.56 Å². The number of nitrogens with one attached hydrogen (secondary N) is 1. The molecule has 1 atom stereocenters. The van der Waals surface area contributed by atoms with Crippen LogP contribution in [0.15, 0.2) is 22.3 Å². The van der Waals surface area contributed by atoms with Gasteiger partial charge >= 0.3 is 0 Å². The first-order valence-electron chi connectivity index (χ1n) is 10.6. The lowest BCUT2D eigenvalue weighted by Crippen LogP contribution is -2.30. The van der Waals surface area contributed by atoms with Gasteiger partial charge in [0.05, 0.1) is 17.2 Å². The number of aromatic amines is 1.